The minimum Gasteiger partial charge on any atom is -0.311 e. The molecular weight excluding hydrogens is 326 g/mol. The predicted octanol–water partition coefficient (Wildman–Crippen LogP) is 3.34. The molecule has 2 aliphatic carbocycles. The first-order valence-electron chi connectivity index (χ1n) is 8.33. The van der Waals surface area contributed by atoms with Gasteiger partial charge >= 0.3 is 0 Å². The van der Waals surface area contributed by atoms with Crippen LogP contribution in [-0.4, -0.2) is 34.6 Å². The SMILES string of the molecule is Brc1cncc(CN2CC(C3CC3)NCC23CCCC3)c1. The predicted molar refractivity (Wildman–Crippen MR) is 88.1 cm³/mol. The first-order valence-corrected chi connectivity index (χ1v) is 9.12. The first-order chi connectivity index (χ1) is 10.3. The highest BCUT2D eigenvalue weighted by molar-refractivity contribution is 9.10. The zero-order valence-electron chi connectivity index (χ0n) is 12.5. The van der Waals surface area contributed by atoms with Gasteiger partial charge < -0.3 is 5.32 Å². The molecule has 1 atom stereocenters. The molecule has 3 fully saturated rings. The van der Waals surface area contributed by atoms with Crippen LogP contribution in [0.3, 0.4) is 0 Å². The van der Waals surface area contributed by atoms with Crippen molar-refractivity contribution in [3.05, 3.63) is 28.5 Å². The van der Waals surface area contributed by atoms with Crippen LogP contribution in [0.4, 0.5) is 0 Å². The molecule has 1 spiro atoms. The molecule has 0 amide bonds. The van der Waals surface area contributed by atoms with Crippen molar-refractivity contribution in [2.24, 2.45) is 5.92 Å². The van der Waals surface area contributed by atoms with Crippen molar-refractivity contribution in [1.82, 2.24) is 15.2 Å². The summed E-state index contributed by atoms with van der Waals surface area (Å²) in [6.45, 7) is 3.46. The van der Waals surface area contributed by atoms with E-state index in [9.17, 15) is 0 Å². The van der Waals surface area contributed by atoms with Gasteiger partial charge in [-0.3, -0.25) is 9.88 Å². The second-order valence-corrected chi connectivity index (χ2v) is 8.06. The smallest absolute Gasteiger partial charge is 0.0410 e. The van der Waals surface area contributed by atoms with Crippen molar-refractivity contribution in [3.63, 3.8) is 0 Å². The van der Waals surface area contributed by atoms with E-state index in [4.69, 9.17) is 0 Å². The molecule has 0 radical (unpaired) electrons. The molecule has 3 aliphatic rings. The van der Waals surface area contributed by atoms with E-state index in [1.807, 2.05) is 12.4 Å². The Morgan fingerprint density at radius 3 is 2.81 bits per heavy atom. The van der Waals surface area contributed by atoms with Gasteiger partial charge in [0.15, 0.2) is 0 Å². The van der Waals surface area contributed by atoms with Crippen molar-refractivity contribution in [2.45, 2.75) is 56.7 Å². The highest BCUT2D eigenvalue weighted by atomic mass is 79.9. The number of nitrogens with one attached hydrogen (secondary N) is 1. The maximum atomic E-state index is 4.34. The topological polar surface area (TPSA) is 28.2 Å². The van der Waals surface area contributed by atoms with Gasteiger partial charge in [-0.2, -0.15) is 0 Å². The number of pyridine rings is 1. The van der Waals surface area contributed by atoms with Crippen LogP contribution in [0.2, 0.25) is 0 Å². The van der Waals surface area contributed by atoms with E-state index in [-0.39, 0.29) is 0 Å². The van der Waals surface area contributed by atoms with Gasteiger partial charge in [0.25, 0.3) is 0 Å². The molecule has 1 N–H and O–H groups in total. The molecule has 2 heterocycles. The average Bonchev–Trinajstić information content (AvgIpc) is 3.22. The highest BCUT2D eigenvalue weighted by Gasteiger charge is 2.46. The van der Waals surface area contributed by atoms with E-state index < -0.39 is 0 Å². The van der Waals surface area contributed by atoms with Crippen molar-refractivity contribution < 1.29 is 0 Å². The lowest BCUT2D eigenvalue weighted by Crippen LogP contribution is -2.63. The summed E-state index contributed by atoms with van der Waals surface area (Å²) in [5, 5.41) is 3.87. The van der Waals surface area contributed by atoms with Gasteiger partial charge in [-0.15, -0.1) is 0 Å². The molecular formula is C17H24BrN3. The number of halogens is 1. The Morgan fingerprint density at radius 1 is 1.29 bits per heavy atom. The van der Waals surface area contributed by atoms with E-state index in [0.717, 1.165) is 23.0 Å². The lowest BCUT2D eigenvalue weighted by atomic mass is 9.89. The number of rotatable bonds is 3. The third-order valence-electron chi connectivity index (χ3n) is 5.64. The summed E-state index contributed by atoms with van der Waals surface area (Å²) in [7, 11) is 0. The van der Waals surface area contributed by atoms with Gasteiger partial charge in [-0.05, 0) is 59.2 Å². The maximum absolute atomic E-state index is 4.34. The number of hydrogen-bond acceptors (Lipinski definition) is 3. The minimum atomic E-state index is 0.410. The Kier molecular flexibility index (Phi) is 3.80. The Balaban J connectivity index is 1.54. The van der Waals surface area contributed by atoms with Crippen molar-refractivity contribution in [2.75, 3.05) is 13.1 Å². The molecule has 21 heavy (non-hydrogen) atoms. The fourth-order valence-corrected chi connectivity index (χ4v) is 4.68. The molecule has 1 aliphatic heterocycles. The van der Waals surface area contributed by atoms with Crippen LogP contribution >= 0.6 is 15.9 Å². The Morgan fingerprint density at radius 2 is 2.10 bits per heavy atom. The molecule has 4 rings (SSSR count). The monoisotopic (exact) mass is 349 g/mol. The van der Waals surface area contributed by atoms with Gasteiger partial charge in [-0.25, -0.2) is 0 Å². The maximum Gasteiger partial charge on any atom is 0.0410 e. The molecule has 114 valence electrons. The minimum absolute atomic E-state index is 0.410. The zero-order chi connectivity index (χ0) is 14.3. The normalized spacial score (nSPS) is 29.1. The Labute approximate surface area is 135 Å². The van der Waals surface area contributed by atoms with Crippen LogP contribution in [0.25, 0.3) is 0 Å². The summed E-state index contributed by atoms with van der Waals surface area (Å²) in [4.78, 5) is 7.12. The summed E-state index contributed by atoms with van der Waals surface area (Å²) in [5.74, 6) is 0.937. The molecule has 1 aromatic rings. The molecule has 4 heteroatoms. The van der Waals surface area contributed by atoms with Gasteiger partial charge in [0, 0.05) is 48.1 Å². The van der Waals surface area contributed by atoms with Crippen molar-refractivity contribution >= 4 is 15.9 Å². The second kappa shape index (κ2) is 5.64. The fourth-order valence-electron chi connectivity index (χ4n) is 4.26. The number of nitrogens with zero attached hydrogens (tertiary/aromatic N) is 2. The van der Waals surface area contributed by atoms with E-state index in [1.54, 1.807) is 0 Å². The van der Waals surface area contributed by atoms with E-state index in [0.29, 0.717) is 5.54 Å². The van der Waals surface area contributed by atoms with Crippen molar-refractivity contribution in [1.29, 1.82) is 0 Å². The third kappa shape index (κ3) is 2.90. The Hall–Kier alpha value is -0.450. The summed E-state index contributed by atoms with van der Waals surface area (Å²) >= 11 is 3.55. The molecule has 1 saturated heterocycles. The van der Waals surface area contributed by atoms with Gasteiger partial charge in [0.05, 0.1) is 0 Å². The van der Waals surface area contributed by atoms with Gasteiger partial charge in [-0.1, -0.05) is 12.8 Å². The summed E-state index contributed by atoms with van der Waals surface area (Å²) in [6.07, 6.45) is 12.3. The van der Waals surface area contributed by atoms with E-state index >= 15 is 0 Å². The van der Waals surface area contributed by atoms with E-state index in [1.165, 1.54) is 57.2 Å². The number of aromatic nitrogens is 1. The molecule has 1 aromatic heterocycles. The van der Waals surface area contributed by atoms with Crippen LogP contribution in [0.1, 0.15) is 44.1 Å². The molecule has 0 bridgehead atoms. The van der Waals surface area contributed by atoms with Crippen LogP contribution < -0.4 is 5.32 Å². The average molecular weight is 350 g/mol. The van der Waals surface area contributed by atoms with Gasteiger partial charge in [0.1, 0.15) is 0 Å². The zero-order valence-corrected chi connectivity index (χ0v) is 14.1. The molecule has 2 saturated carbocycles. The largest absolute Gasteiger partial charge is 0.311 e. The van der Waals surface area contributed by atoms with Gasteiger partial charge in [0.2, 0.25) is 0 Å². The molecule has 3 nitrogen and oxygen atoms in total. The molecule has 0 aromatic carbocycles. The first kappa shape index (κ1) is 14.2. The Bertz CT molecular complexity index is 509. The summed E-state index contributed by atoms with van der Waals surface area (Å²) in [5.41, 5.74) is 1.75. The number of hydrogen-bond donors (Lipinski definition) is 1. The summed E-state index contributed by atoms with van der Waals surface area (Å²) < 4.78 is 1.09. The summed E-state index contributed by atoms with van der Waals surface area (Å²) in [6, 6.07) is 2.94. The fraction of sp³-hybridized carbons (Fsp3) is 0.706. The number of piperazine rings is 1. The van der Waals surface area contributed by atoms with Crippen LogP contribution in [0.15, 0.2) is 22.9 Å². The lowest BCUT2D eigenvalue weighted by Gasteiger charge is -2.48. The molecule has 1 unspecified atom stereocenters. The van der Waals surface area contributed by atoms with Crippen LogP contribution in [0, 0.1) is 5.92 Å². The lowest BCUT2D eigenvalue weighted by molar-refractivity contribution is 0.0310. The second-order valence-electron chi connectivity index (χ2n) is 7.15. The van der Waals surface area contributed by atoms with Crippen LogP contribution in [-0.2, 0) is 6.54 Å². The van der Waals surface area contributed by atoms with E-state index in [2.05, 4.69) is 37.2 Å². The standard InChI is InChI=1S/C17H24BrN3/c18-15-7-13(8-19-9-15)10-21-11-16(14-3-4-14)20-12-17(21)5-1-2-6-17/h7-9,14,16,20H,1-6,10-12H2. The van der Waals surface area contributed by atoms with Crippen molar-refractivity contribution in [3.8, 4) is 0 Å². The highest BCUT2D eigenvalue weighted by Crippen LogP contribution is 2.41. The third-order valence-corrected chi connectivity index (χ3v) is 6.08. The quantitative estimate of drug-likeness (QED) is 0.906. The van der Waals surface area contributed by atoms with Crippen LogP contribution in [0.5, 0.6) is 0 Å².